The van der Waals surface area contributed by atoms with Gasteiger partial charge in [0.2, 0.25) is 0 Å². The quantitative estimate of drug-likeness (QED) is 0.861. The molecule has 0 atom stereocenters. The molecule has 0 saturated carbocycles. The lowest BCUT2D eigenvalue weighted by molar-refractivity contribution is 0.0761. The minimum atomic E-state index is 0.0887. The molecule has 1 aliphatic rings. The van der Waals surface area contributed by atoms with Crippen molar-refractivity contribution in [2.45, 2.75) is 13.3 Å². The number of carbonyl (C=O) groups excluding carboxylic acids is 1. The molecular weight excluding hydrogens is 240 g/mol. The minimum absolute atomic E-state index is 0.0887. The maximum absolute atomic E-state index is 12.4. The van der Waals surface area contributed by atoms with Crippen molar-refractivity contribution >= 4 is 5.91 Å². The summed E-state index contributed by atoms with van der Waals surface area (Å²) in [6.07, 6.45) is 4.42. The Bertz CT molecular complexity index is 435. The molecule has 0 aromatic carbocycles. The standard InChI is InChI=1S/C14H22N4O/c1-12-9-13(11-16-10-12)14(19)18-5-2-4-17(6-3-15)7-8-18/h9-11H,2-8,15H2,1H3. The van der Waals surface area contributed by atoms with Crippen LogP contribution >= 0.6 is 0 Å². The number of pyridine rings is 1. The Kier molecular flexibility index (Phi) is 4.87. The third-order valence-corrected chi connectivity index (χ3v) is 3.44. The molecule has 0 aliphatic carbocycles. The van der Waals surface area contributed by atoms with E-state index in [0.717, 1.165) is 44.7 Å². The summed E-state index contributed by atoms with van der Waals surface area (Å²) in [6.45, 7) is 7.05. The van der Waals surface area contributed by atoms with Gasteiger partial charge in [-0.05, 0) is 31.5 Å². The first-order valence-electron chi connectivity index (χ1n) is 6.84. The fourth-order valence-electron chi connectivity index (χ4n) is 2.43. The lowest BCUT2D eigenvalue weighted by atomic mass is 10.2. The highest BCUT2D eigenvalue weighted by molar-refractivity contribution is 5.94. The molecular formula is C14H22N4O. The van der Waals surface area contributed by atoms with Crippen LogP contribution in [0.15, 0.2) is 18.5 Å². The summed E-state index contributed by atoms with van der Waals surface area (Å²) >= 11 is 0. The highest BCUT2D eigenvalue weighted by atomic mass is 16.2. The molecule has 2 N–H and O–H groups in total. The molecule has 19 heavy (non-hydrogen) atoms. The molecule has 1 aromatic heterocycles. The zero-order valence-electron chi connectivity index (χ0n) is 11.5. The monoisotopic (exact) mass is 262 g/mol. The van der Waals surface area contributed by atoms with Crippen LogP contribution in [0.2, 0.25) is 0 Å². The Balaban J connectivity index is 2.00. The van der Waals surface area contributed by atoms with Gasteiger partial charge >= 0.3 is 0 Å². The summed E-state index contributed by atoms with van der Waals surface area (Å²) in [7, 11) is 0. The number of hydrogen-bond acceptors (Lipinski definition) is 4. The van der Waals surface area contributed by atoms with E-state index >= 15 is 0 Å². The molecule has 0 radical (unpaired) electrons. The second-order valence-corrected chi connectivity index (χ2v) is 5.03. The number of nitrogens with two attached hydrogens (primary N) is 1. The van der Waals surface area contributed by atoms with Crippen LogP contribution in [0, 0.1) is 6.92 Å². The van der Waals surface area contributed by atoms with Crippen LogP contribution in [0.3, 0.4) is 0 Å². The summed E-state index contributed by atoms with van der Waals surface area (Å²) in [5.41, 5.74) is 7.29. The van der Waals surface area contributed by atoms with Gasteiger partial charge in [0.15, 0.2) is 0 Å². The summed E-state index contributed by atoms with van der Waals surface area (Å²) in [5, 5.41) is 0. The lowest BCUT2D eigenvalue weighted by Crippen LogP contribution is -2.36. The van der Waals surface area contributed by atoms with Crippen LogP contribution in [0.4, 0.5) is 0 Å². The largest absolute Gasteiger partial charge is 0.337 e. The summed E-state index contributed by atoms with van der Waals surface area (Å²) in [6, 6.07) is 1.90. The number of hydrogen-bond donors (Lipinski definition) is 1. The van der Waals surface area contributed by atoms with Crippen molar-refractivity contribution in [2.75, 3.05) is 39.3 Å². The van der Waals surface area contributed by atoms with Crippen LogP contribution in [0.25, 0.3) is 0 Å². The van der Waals surface area contributed by atoms with E-state index in [9.17, 15) is 4.79 Å². The van der Waals surface area contributed by atoms with Gasteiger partial charge in [-0.25, -0.2) is 0 Å². The number of aryl methyl sites for hydroxylation is 1. The van der Waals surface area contributed by atoms with E-state index < -0.39 is 0 Å². The third kappa shape index (κ3) is 3.75. The van der Waals surface area contributed by atoms with Crippen molar-refractivity contribution < 1.29 is 4.79 Å². The van der Waals surface area contributed by atoms with E-state index in [2.05, 4.69) is 9.88 Å². The molecule has 0 spiro atoms. The van der Waals surface area contributed by atoms with Gasteiger partial charge in [-0.1, -0.05) is 0 Å². The zero-order valence-corrected chi connectivity index (χ0v) is 11.5. The molecule has 0 unspecified atom stereocenters. The third-order valence-electron chi connectivity index (χ3n) is 3.44. The number of rotatable bonds is 3. The van der Waals surface area contributed by atoms with Crippen LogP contribution in [-0.2, 0) is 0 Å². The molecule has 2 heterocycles. The van der Waals surface area contributed by atoms with Crippen molar-refractivity contribution in [3.8, 4) is 0 Å². The first-order valence-corrected chi connectivity index (χ1v) is 6.84. The lowest BCUT2D eigenvalue weighted by Gasteiger charge is -2.21. The maximum atomic E-state index is 12.4. The topological polar surface area (TPSA) is 62.5 Å². The predicted octanol–water partition coefficient (Wildman–Crippen LogP) is 0.497. The Labute approximate surface area is 114 Å². The molecule has 2 rings (SSSR count). The van der Waals surface area contributed by atoms with Crippen molar-refractivity contribution in [3.63, 3.8) is 0 Å². The zero-order chi connectivity index (χ0) is 13.7. The van der Waals surface area contributed by atoms with Crippen LogP contribution in [0.1, 0.15) is 22.3 Å². The molecule has 1 saturated heterocycles. The second kappa shape index (κ2) is 6.63. The molecule has 104 valence electrons. The molecule has 1 amide bonds. The average Bonchev–Trinajstić information content (AvgIpc) is 2.64. The Morgan fingerprint density at radius 2 is 2.16 bits per heavy atom. The summed E-state index contributed by atoms with van der Waals surface area (Å²) in [5.74, 6) is 0.0887. The van der Waals surface area contributed by atoms with Crippen molar-refractivity contribution in [2.24, 2.45) is 5.73 Å². The Morgan fingerprint density at radius 1 is 1.32 bits per heavy atom. The van der Waals surface area contributed by atoms with Gasteiger partial charge in [0.1, 0.15) is 0 Å². The molecule has 1 aliphatic heterocycles. The van der Waals surface area contributed by atoms with Gasteiger partial charge in [-0.15, -0.1) is 0 Å². The highest BCUT2D eigenvalue weighted by Crippen LogP contribution is 2.09. The van der Waals surface area contributed by atoms with Crippen LogP contribution in [0.5, 0.6) is 0 Å². The number of amides is 1. The fourth-order valence-corrected chi connectivity index (χ4v) is 2.43. The Hall–Kier alpha value is -1.46. The van der Waals surface area contributed by atoms with Crippen molar-refractivity contribution in [1.82, 2.24) is 14.8 Å². The van der Waals surface area contributed by atoms with Gasteiger partial charge in [0.05, 0.1) is 5.56 Å². The normalized spacial score (nSPS) is 17.3. The summed E-state index contributed by atoms with van der Waals surface area (Å²) in [4.78, 5) is 20.8. The van der Waals surface area contributed by atoms with E-state index in [1.807, 2.05) is 17.9 Å². The van der Waals surface area contributed by atoms with Gasteiger partial charge in [-0.2, -0.15) is 0 Å². The summed E-state index contributed by atoms with van der Waals surface area (Å²) < 4.78 is 0. The molecule has 1 fully saturated rings. The first-order chi connectivity index (χ1) is 9.20. The van der Waals surface area contributed by atoms with E-state index in [-0.39, 0.29) is 5.91 Å². The number of nitrogens with zero attached hydrogens (tertiary/aromatic N) is 3. The first kappa shape index (κ1) is 14.0. The fraction of sp³-hybridized carbons (Fsp3) is 0.571. The van der Waals surface area contributed by atoms with Crippen LogP contribution in [-0.4, -0.2) is 60.0 Å². The molecule has 5 heteroatoms. The van der Waals surface area contributed by atoms with Crippen LogP contribution < -0.4 is 5.73 Å². The van der Waals surface area contributed by atoms with Gasteiger partial charge in [-0.3, -0.25) is 9.78 Å². The molecule has 1 aromatic rings. The van der Waals surface area contributed by atoms with E-state index in [0.29, 0.717) is 12.1 Å². The van der Waals surface area contributed by atoms with E-state index in [1.54, 1.807) is 12.4 Å². The second-order valence-electron chi connectivity index (χ2n) is 5.03. The number of aromatic nitrogens is 1. The maximum Gasteiger partial charge on any atom is 0.255 e. The predicted molar refractivity (Wildman–Crippen MR) is 75.0 cm³/mol. The van der Waals surface area contributed by atoms with Gasteiger partial charge in [0.25, 0.3) is 5.91 Å². The van der Waals surface area contributed by atoms with Crippen molar-refractivity contribution in [3.05, 3.63) is 29.6 Å². The smallest absolute Gasteiger partial charge is 0.255 e. The molecule has 0 bridgehead atoms. The van der Waals surface area contributed by atoms with Crippen molar-refractivity contribution in [1.29, 1.82) is 0 Å². The average molecular weight is 262 g/mol. The van der Waals surface area contributed by atoms with Gasteiger partial charge in [0, 0.05) is 45.1 Å². The molecule has 5 nitrogen and oxygen atoms in total. The number of carbonyl (C=O) groups is 1. The van der Waals surface area contributed by atoms with E-state index in [1.165, 1.54) is 0 Å². The highest BCUT2D eigenvalue weighted by Gasteiger charge is 2.20. The minimum Gasteiger partial charge on any atom is -0.337 e. The van der Waals surface area contributed by atoms with E-state index in [4.69, 9.17) is 5.73 Å². The Morgan fingerprint density at radius 3 is 2.89 bits per heavy atom. The SMILES string of the molecule is Cc1cncc(C(=O)N2CCCN(CCN)CC2)c1. The van der Waals surface area contributed by atoms with Gasteiger partial charge < -0.3 is 15.5 Å².